The van der Waals surface area contributed by atoms with Crippen LogP contribution in [0, 0.1) is 0 Å². The van der Waals surface area contributed by atoms with Crippen molar-refractivity contribution in [3.05, 3.63) is 71.8 Å². The molecule has 0 fully saturated rings. The predicted molar refractivity (Wildman–Crippen MR) is 102 cm³/mol. The highest BCUT2D eigenvalue weighted by molar-refractivity contribution is 6.16. The molecule has 29 heavy (non-hydrogen) atoms. The Morgan fingerprint density at radius 1 is 1.07 bits per heavy atom. The van der Waals surface area contributed by atoms with Gasteiger partial charge in [0, 0.05) is 12.1 Å². The molecule has 5 nitrogen and oxygen atoms in total. The van der Waals surface area contributed by atoms with E-state index in [2.05, 4.69) is 4.99 Å². The predicted octanol–water partition coefficient (Wildman–Crippen LogP) is 3.30. The Morgan fingerprint density at radius 3 is 2.21 bits per heavy atom. The van der Waals surface area contributed by atoms with E-state index < -0.39 is 23.7 Å². The van der Waals surface area contributed by atoms with E-state index in [1.807, 2.05) is 5.32 Å². The van der Waals surface area contributed by atoms with Crippen LogP contribution in [0.25, 0.3) is 0 Å². The first-order chi connectivity index (χ1) is 13.8. The average molecular weight is 403 g/mol. The molecule has 1 N–H and O–H groups in total. The molecule has 0 saturated carbocycles. The number of hydrogen-bond donors (Lipinski definition) is 1. The van der Waals surface area contributed by atoms with Crippen molar-refractivity contribution in [2.45, 2.75) is 31.6 Å². The maximum absolute atomic E-state index is 14.1. The molecule has 3 rings (SSSR count). The van der Waals surface area contributed by atoms with Crippen LogP contribution in [0.3, 0.4) is 0 Å². The Kier molecular flexibility index (Phi) is 5.72. The molecule has 0 unspecified atom stereocenters. The molecular weight excluding hydrogens is 383 g/mol. The third-order valence-corrected chi connectivity index (χ3v) is 4.50. The van der Waals surface area contributed by atoms with Crippen LogP contribution in [0.4, 0.5) is 13.2 Å². The fraction of sp³-hybridized carbons (Fsp3) is 0.286. The number of halogens is 3. The van der Waals surface area contributed by atoms with Gasteiger partial charge in [-0.05, 0) is 12.0 Å². The number of amides is 2. The van der Waals surface area contributed by atoms with Crippen molar-refractivity contribution in [1.82, 2.24) is 10.2 Å². The zero-order chi connectivity index (χ0) is 21.1. The lowest BCUT2D eigenvalue weighted by Crippen LogP contribution is -2.63. The first-order valence-electron chi connectivity index (χ1n) is 9.17. The zero-order valence-corrected chi connectivity index (χ0v) is 15.7. The fourth-order valence-corrected chi connectivity index (χ4v) is 3.16. The van der Waals surface area contributed by atoms with E-state index in [1.165, 1.54) is 0 Å². The molecule has 2 amide bonds. The minimum absolute atomic E-state index is 0.0545. The van der Waals surface area contributed by atoms with Crippen molar-refractivity contribution < 1.29 is 22.8 Å². The third kappa shape index (κ3) is 4.01. The molecule has 0 bridgehead atoms. The summed E-state index contributed by atoms with van der Waals surface area (Å²) in [7, 11) is 0. The summed E-state index contributed by atoms with van der Waals surface area (Å²) in [6.45, 7) is 1.80. The Balaban J connectivity index is 2.00. The quantitative estimate of drug-likeness (QED) is 0.805. The standard InChI is InChI=1S/C21H20F3N3O2/c1-2-13-27-18(16-11-7-4-8-12-16)26-20(19(27)29,21(22,23)24)25-17(28)14-15-9-5-3-6-10-15/h3-12H,2,13-14H2,1H3,(H,25,28)/t20-/m0/s1. The highest BCUT2D eigenvalue weighted by Gasteiger charge is 2.67. The molecule has 0 spiro atoms. The van der Waals surface area contributed by atoms with Crippen LogP contribution in [0.1, 0.15) is 24.5 Å². The summed E-state index contributed by atoms with van der Waals surface area (Å²) in [5.74, 6) is -2.33. The van der Waals surface area contributed by atoms with E-state index in [0.717, 1.165) is 4.90 Å². The summed E-state index contributed by atoms with van der Waals surface area (Å²) < 4.78 is 42.3. The number of hydrogen-bond acceptors (Lipinski definition) is 3. The number of carbonyl (C=O) groups is 2. The van der Waals surface area contributed by atoms with Gasteiger partial charge in [-0.25, -0.2) is 4.99 Å². The van der Waals surface area contributed by atoms with E-state index in [9.17, 15) is 22.8 Å². The van der Waals surface area contributed by atoms with Crippen LogP contribution in [0.2, 0.25) is 0 Å². The van der Waals surface area contributed by atoms with Crippen LogP contribution in [-0.2, 0) is 16.0 Å². The Morgan fingerprint density at radius 2 is 1.66 bits per heavy atom. The normalized spacial score (nSPS) is 19.2. The van der Waals surface area contributed by atoms with Gasteiger partial charge < -0.3 is 5.32 Å². The summed E-state index contributed by atoms with van der Waals surface area (Å²) in [6, 6.07) is 16.5. The molecule has 1 aliphatic rings. The van der Waals surface area contributed by atoms with Gasteiger partial charge in [0.1, 0.15) is 5.84 Å². The number of rotatable bonds is 6. The molecule has 8 heteroatoms. The molecule has 2 aromatic rings. The summed E-state index contributed by atoms with van der Waals surface area (Å²) in [4.78, 5) is 30.1. The zero-order valence-electron chi connectivity index (χ0n) is 15.7. The van der Waals surface area contributed by atoms with Crippen molar-refractivity contribution in [3.63, 3.8) is 0 Å². The van der Waals surface area contributed by atoms with Gasteiger partial charge in [-0.3, -0.25) is 14.5 Å². The molecule has 0 aromatic heterocycles. The molecule has 1 heterocycles. The van der Waals surface area contributed by atoms with E-state index in [1.54, 1.807) is 67.6 Å². The van der Waals surface area contributed by atoms with Crippen LogP contribution in [0.5, 0.6) is 0 Å². The number of nitrogens with one attached hydrogen (secondary N) is 1. The van der Waals surface area contributed by atoms with Crippen LogP contribution >= 0.6 is 0 Å². The summed E-state index contributed by atoms with van der Waals surface area (Å²) in [5.41, 5.74) is -2.43. The third-order valence-electron chi connectivity index (χ3n) is 4.50. The lowest BCUT2D eigenvalue weighted by Gasteiger charge is -2.29. The van der Waals surface area contributed by atoms with Gasteiger partial charge in [0.05, 0.1) is 6.42 Å². The highest BCUT2D eigenvalue weighted by Crippen LogP contribution is 2.38. The van der Waals surface area contributed by atoms with Gasteiger partial charge in [0.25, 0.3) is 5.91 Å². The summed E-state index contributed by atoms with van der Waals surface area (Å²) >= 11 is 0. The first kappa shape index (κ1) is 20.6. The number of amidine groups is 1. The molecule has 0 aliphatic carbocycles. The van der Waals surface area contributed by atoms with Crippen molar-refractivity contribution in [2.24, 2.45) is 4.99 Å². The Labute approximate surface area is 166 Å². The molecule has 2 aromatic carbocycles. The van der Waals surface area contributed by atoms with Gasteiger partial charge in [0.2, 0.25) is 5.91 Å². The van der Waals surface area contributed by atoms with Gasteiger partial charge in [-0.2, -0.15) is 13.2 Å². The maximum Gasteiger partial charge on any atom is 0.442 e. The number of nitrogens with zero attached hydrogens (tertiary/aromatic N) is 2. The molecule has 152 valence electrons. The SMILES string of the molecule is CCCN1C(=O)[C@@](NC(=O)Cc2ccccc2)(C(F)(F)F)N=C1c1ccccc1. The molecular formula is C21H20F3N3O2. The van der Waals surface area contributed by atoms with Crippen molar-refractivity contribution >= 4 is 17.6 Å². The Bertz CT molecular complexity index is 914. The second-order valence-corrected chi connectivity index (χ2v) is 6.68. The number of benzene rings is 2. The smallest absolute Gasteiger partial charge is 0.316 e. The molecule has 0 saturated heterocycles. The summed E-state index contributed by atoms with van der Waals surface area (Å²) in [5, 5.41) is 1.88. The van der Waals surface area contributed by atoms with Gasteiger partial charge in [0.15, 0.2) is 0 Å². The molecule has 0 radical (unpaired) electrons. The van der Waals surface area contributed by atoms with Crippen LogP contribution in [0.15, 0.2) is 65.7 Å². The van der Waals surface area contributed by atoms with Crippen LogP contribution < -0.4 is 5.32 Å². The average Bonchev–Trinajstić information content (AvgIpc) is 2.97. The monoisotopic (exact) mass is 403 g/mol. The van der Waals surface area contributed by atoms with Gasteiger partial charge in [-0.1, -0.05) is 67.6 Å². The minimum atomic E-state index is -5.10. The second-order valence-electron chi connectivity index (χ2n) is 6.68. The highest BCUT2D eigenvalue weighted by atomic mass is 19.4. The van der Waals surface area contributed by atoms with E-state index in [4.69, 9.17) is 0 Å². The largest absolute Gasteiger partial charge is 0.442 e. The lowest BCUT2D eigenvalue weighted by molar-refractivity contribution is -0.200. The van der Waals surface area contributed by atoms with Crippen molar-refractivity contribution in [2.75, 3.05) is 6.54 Å². The van der Waals surface area contributed by atoms with Crippen molar-refractivity contribution in [1.29, 1.82) is 0 Å². The van der Waals surface area contributed by atoms with Crippen LogP contribution in [-0.4, -0.2) is 40.9 Å². The Hall–Kier alpha value is -3.16. The second kappa shape index (κ2) is 8.06. The first-order valence-corrected chi connectivity index (χ1v) is 9.17. The van der Waals surface area contributed by atoms with Gasteiger partial charge >= 0.3 is 11.8 Å². The van der Waals surface area contributed by atoms with Gasteiger partial charge in [-0.15, -0.1) is 0 Å². The molecule has 1 atom stereocenters. The lowest BCUT2D eigenvalue weighted by atomic mass is 10.1. The van der Waals surface area contributed by atoms with E-state index >= 15 is 0 Å². The maximum atomic E-state index is 14.1. The fourth-order valence-electron chi connectivity index (χ4n) is 3.16. The number of carbonyl (C=O) groups excluding carboxylic acids is 2. The topological polar surface area (TPSA) is 61.8 Å². The number of alkyl halides is 3. The van der Waals surface area contributed by atoms with Crippen molar-refractivity contribution in [3.8, 4) is 0 Å². The minimum Gasteiger partial charge on any atom is -0.316 e. The summed E-state index contributed by atoms with van der Waals surface area (Å²) in [6.07, 6.45) is -4.96. The number of aliphatic imine (C=N–C) groups is 1. The van der Waals surface area contributed by atoms with E-state index in [-0.39, 0.29) is 18.8 Å². The molecule has 1 aliphatic heterocycles. The van der Waals surface area contributed by atoms with E-state index in [0.29, 0.717) is 17.5 Å².